The molecule has 1 aliphatic heterocycles. The molecule has 1 saturated heterocycles. The van der Waals surface area contributed by atoms with Crippen molar-refractivity contribution in [2.75, 3.05) is 11.4 Å². The van der Waals surface area contributed by atoms with Gasteiger partial charge in [0.15, 0.2) is 0 Å². The van der Waals surface area contributed by atoms with Crippen LogP contribution in [0, 0.1) is 0 Å². The fourth-order valence-electron chi connectivity index (χ4n) is 3.16. The summed E-state index contributed by atoms with van der Waals surface area (Å²) >= 11 is 0. The lowest BCUT2D eigenvalue weighted by atomic mass is 10.00. The first-order chi connectivity index (χ1) is 9.84. The molecule has 0 bridgehead atoms. The van der Waals surface area contributed by atoms with Crippen LogP contribution in [0.1, 0.15) is 12.8 Å². The van der Waals surface area contributed by atoms with Crippen molar-refractivity contribution in [3.8, 4) is 0 Å². The molecule has 98 valence electrons. The van der Waals surface area contributed by atoms with Gasteiger partial charge in [-0.1, -0.05) is 48.5 Å². The highest BCUT2D eigenvalue weighted by molar-refractivity contribution is 6.16. The molecule has 0 N–H and O–H groups in total. The minimum absolute atomic E-state index is 0.241. The van der Waals surface area contributed by atoms with Gasteiger partial charge in [0.1, 0.15) is 0 Å². The minimum Gasteiger partial charge on any atom is -0.312 e. The molecule has 4 rings (SSSR count). The van der Waals surface area contributed by atoms with Crippen LogP contribution in [0.3, 0.4) is 0 Å². The average Bonchev–Trinajstić information content (AvgIpc) is 2.92. The predicted molar refractivity (Wildman–Crippen MR) is 83.0 cm³/mol. The molecule has 1 heterocycles. The molecule has 0 spiro atoms. The first-order valence-corrected chi connectivity index (χ1v) is 7.05. The highest BCUT2D eigenvalue weighted by Crippen LogP contribution is 2.35. The van der Waals surface area contributed by atoms with E-state index in [0.717, 1.165) is 18.7 Å². The number of amides is 1. The van der Waals surface area contributed by atoms with Crippen LogP contribution in [0.25, 0.3) is 21.5 Å². The number of anilines is 1. The van der Waals surface area contributed by atoms with Gasteiger partial charge in [-0.3, -0.25) is 4.79 Å². The maximum Gasteiger partial charge on any atom is 0.227 e. The van der Waals surface area contributed by atoms with Crippen LogP contribution in [0.4, 0.5) is 5.69 Å². The van der Waals surface area contributed by atoms with Crippen molar-refractivity contribution in [2.24, 2.45) is 0 Å². The first-order valence-electron chi connectivity index (χ1n) is 7.05. The highest BCUT2D eigenvalue weighted by atomic mass is 16.2. The van der Waals surface area contributed by atoms with E-state index in [1.165, 1.54) is 21.5 Å². The summed E-state index contributed by atoms with van der Waals surface area (Å²) in [6.07, 6.45) is 1.63. The predicted octanol–water partition coefficient (Wildman–Crippen LogP) is 4.12. The average molecular weight is 261 g/mol. The third-order valence-electron chi connectivity index (χ3n) is 4.11. The molecule has 0 aromatic heterocycles. The zero-order valence-corrected chi connectivity index (χ0v) is 11.2. The van der Waals surface area contributed by atoms with Crippen LogP contribution in [0.15, 0.2) is 54.6 Å². The number of benzene rings is 3. The second-order valence-electron chi connectivity index (χ2n) is 5.31. The van der Waals surface area contributed by atoms with E-state index < -0.39 is 0 Å². The van der Waals surface area contributed by atoms with Crippen molar-refractivity contribution in [1.82, 2.24) is 0 Å². The van der Waals surface area contributed by atoms with Gasteiger partial charge in [0.05, 0.1) is 5.69 Å². The Morgan fingerprint density at radius 3 is 2.30 bits per heavy atom. The van der Waals surface area contributed by atoms with Gasteiger partial charge in [-0.2, -0.15) is 0 Å². The van der Waals surface area contributed by atoms with Gasteiger partial charge in [0, 0.05) is 18.4 Å². The Hall–Kier alpha value is -2.35. The van der Waals surface area contributed by atoms with E-state index in [2.05, 4.69) is 42.5 Å². The fourth-order valence-corrected chi connectivity index (χ4v) is 3.16. The number of nitrogens with zero attached hydrogens (tertiary/aromatic N) is 1. The number of carbonyl (C=O) groups excluding carboxylic acids is 1. The number of hydrogen-bond donors (Lipinski definition) is 0. The number of fused-ring (bicyclic) bond motifs is 3. The molecule has 1 fully saturated rings. The van der Waals surface area contributed by atoms with Gasteiger partial charge in [-0.15, -0.1) is 0 Å². The molecular formula is C18H15NO. The van der Waals surface area contributed by atoms with Crippen LogP contribution in [0.5, 0.6) is 0 Å². The summed E-state index contributed by atoms with van der Waals surface area (Å²) in [6, 6.07) is 18.9. The molecule has 2 nitrogen and oxygen atoms in total. The molecule has 0 atom stereocenters. The van der Waals surface area contributed by atoms with Gasteiger partial charge < -0.3 is 4.90 Å². The minimum atomic E-state index is 0.241. The molecule has 3 aromatic rings. The van der Waals surface area contributed by atoms with Crippen molar-refractivity contribution in [3.05, 3.63) is 54.6 Å². The topological polar surface area (TPSA) is 20.3 Å². The van der Waals surface area contributed by atoms with Crippen molar-refractivity contribution < 1.29 is 4.79 Å². The Kier molecular flexibility index (Phi) is 2.49. The molecular weight excluding hydrogens is 246 g/mol. The lowest BCUT2D eigenvalue weighted by Crippen LogP contribution is -2.23. The van der Waals surface area contributed by atoms with Gasteiger partial charge in [-0.25, -0.2) is 0 Å². The van der Waals surface area contributed by atoms with Crippen LogP contribution in [-0.2, 0) is 4.79 Å². The Labute approximate surface area is 117 Å². The second kappa shape index (κ2) is 4.34. The monoisotopic (exact) mass is 261 g/mol. The van der Waals surface area contributed by atoms with E-state index in [1.54, 1.807) is 0 Å². The first kappa shape index (κ1) is 11.5. The van der Waals surface area contributed by atoms with Gasteiger partial charge in [0.25, 0.3) is 0 Å². The van der Waals surface area contributed by atoms with Crippen LogP contribution in [-0.4, -0.2) is 12.5 Å². The molecule has 0 aliphatic carbocycles. The standard InChI is InChI=1S/C18H15NO/c20-18-10-5-11-19(18)17-12-13-6-1-2-7-14(13)15-8-3-4-9-16(15)17/h1-4,6-9,12H,5,10-11H2. The second-order valence-corrected chi connectivity index (χ2v) is 5.31. The number of carbonyl (C=O) groups is 1. The SMILES string of the molecule is O=C1CCCN1c1cc2ccccc2c2ccccc12. The molecule has 20 heavy (non-hydrogen) atoms. The van der Waals surface area contributed by atoms with E-state index in [-0.39, 0.29) is 5.91 Å². The third kappa shape index (κ3) is 1.61. The Bertz CT molecular complexity index is 822. The summed E-state index contributed by atoms with van der Waals surface area (Å²) < 4.78 is 0. The van der Waals surface area contributed by atoms with E-state index in [1.807, 2.05) is 17.0 Å². The van der Waals surface area contributed by atoms with Gasteiger partial charge >= 0.3 is 0 Å². The fraction of sp³-hybridized carbons (Fsp3) is 0.167. The van der Waals surface area contributed by atoms with Gasteiger partial charge in [-0.05, 0) is 28.6 Å². The third-order valence-corrected chi connectivity index (χ3v) is 4.11. The summed E-state index contributed by atoms with van der Waals surface area (Å²) in [7, 11) is 0. The van der Waals surface area contributed by atoms with Crippen LogP contribution in [0.2, 0.25) is 0 Å². The van der Waals surface area contributed by atoms with Crippen molar-refractivity contribution in [1.29, 1.82) is 0 Å². The molecule has 2 heteroatoms. The van der Waals surface area contributed by atoms with E-state index in [9.17, 15) is 4.79 Å². The summed E-state index contributed by atoms with van der Waals surface area (Å²) in [5.74, 6) is 0.241. The number of rotatable bonds is 1. The Balaban J connectivity index is 2.10. The van der Waals surface area contributed by atoms with Crippen molar-refractivity contribution in [3.63, 3.8) is 0 Å². The summed E-state index contributed by atoms with van der Waals surface area (Å²) in [5.41, 5.74) is 1.06. The van der Waals surface area contributed by atoms with Gasteiger partial charge in [0.2, 0.25) is 5.91 Å². The lowest BCUT2D eigenvalue weighted by molar-refractivity contribution is -0.117. The number of hydrogen-bond acceptors (Lipinski definition) is 1. The molecule has 1 aliphatic rings. The Morgan fingerprint density at radius 2 is 1.55 bits per heavy atom. The smallest absolute Gasteiger partial charge is 0.227 e. The van der Waals surface area contributed by atoms with E-state index in [4.69, 9.17) is 0 Å². The molecule has 0 unspecified atom stereocenters. The molecule has 3 aromatic carbocycles. The normalized spacial score (nSPS) is 15.4. The zero-order chi connectivity index (χ0) is 13.5. The van der Waals surface area contributed by atoms with Crippen molar-refractivity contribution >= 4 is 33.1 Å². The van der Waals surface area contributed by atoms with Crippen LogP contribution >= 0.6 is 0 Å². The molecule has 1 amide bonds. The van der Waals surface area contributed by atoms with Crippen LogP contribution < -0.4 is 4.90 Å². The summed E-state index contributed by atoms with van der Waals surface area (Å²) in [4.78, 5) is 14.0. The quantitative estimate of drug-likeness (QED) is 0.603. The maximum absolute atomic E-state index is 12.1. The summed E-state index contributed by atoms with van der Waals surface area (Å²) in [5, 5.41) is 4.83. The molecule has 0 radical (unpaired) electrons. The van der Waals surface area contributed by atoms with Crippen molar-refractivity contribution in [2.45, 2.75) is 12.8 Å². The highest BCUT2D eigenvalue weighted by Gasteiger charge is 2.23. The zero-order valence-electron chi connectivity index (χ0n) is 11.2. The molecule has 0 saturated carbocycles. The van der Waals surface area contributed by atoms with E-state index in [0.29, 0.717) is 6.42 Å². The largest absolute Gasteiger partial charge is 0.312 e. The van der Waals surface area contributed by atoms with E-state index >= 15 is 0 Å². The Morgan fingerprint density at radius 1 is 0.850 bits per heavy atom. The lowest BCUT2D eigenvalue weighted by Gasteiger charge is -2.19. The maximum atomic E-state index is 12.1. The summed E-state index contributed by atoms with van der Waals surface area (Å²) in [6.45, 7) is 0.834.